The number of carbonyl (C=O) groups is 1. The van der Waals surface area contributed by atoms with Gasteiger partial charge in [0.05, 0.1) is 0 Å². The van der Waals surface area contributed by atoms with Crippen LogP contribution in [0.3, 0.4) is 0 Å². The molecule has 104 valence electrons. The van der Waals surface area contributed by atoms with Crippen molar-refractivity contribution in [3.8, 4) is 0 Å². The number of nitrogens with zero attached hydrogens (tertiary/aromatic N) is 1. The predicted molar refractivity (Wildman–Crippen MR) is 82.5 cm³/mol. The monoisotopic (exact) mass is 323 g/mol. The molecule has 0 unspecified atom stereocenters. The summed E-state index contributed by atoms with van der Waals surface area (Å²) in [5, 5.41) is 0. The van der Waals surface area contributed by atoms with Crippen LogP contribution in [0.25, 0.3) is 0 Å². The first-order valence-corrected chi connectivity index (χ1v) is 7.95. The molecule has 1 aromatic rings. The van der Waals surface area contributed by atoms with Crippen molar-refractivity contribution in [1.82, 2.24) is 4.90 Å². The summed E-state index contributed by atoms with van der Waals surface area (Å²) in [6.07, 6.45) is 4.25. The van der Waals surface area contributed by atoms with Crippen LogP contribution in [0.2, 0.25) is 0 Å². The molecule has 0 bridgehead atoms. The van der Waals surface area contributed by atoms with E-state index in [2.05, 4.69) is 27.8 Å². The van der Waals surface area contributed by atoms with Crippen molar-refractivity contribution in [2.75, 3.05) is 19.6 Å². The molecule has 1 saturated heterocycles. The molecular formula is C16H22BrNO. The molecule has 0 radical (unpaired) electrons. The molecule has 0 spiro atoms. The summed E-state index contributed by atoms with van der Waals surface area (Å²) in [7, 11) is 0. The number of ketones is 1. The van der Waals surface area contributed by atoms with Gasteiger partial charge in [0.2, 0.25) is 0 Å². The standard InChI is InChI=1S/C16H22BrNO/c1-13-8-11-18(12-9-13)10-2-3-16(19)14-4-6-15(17)7-5-14/h4-7,13H,2-3,8-12H2,1H3. The highest BCUT2D eigenvalue weighted by Gasteiger charge is 2.15. The molecular weight excluding hydrogens is 302 g/mol. The SMILES string of the molecule is CC1CCN(CCCC(=O)c2ccc(Br)cc2)CC1. The fourth-order valence-corrected chi connectivity index (χ4v) is 2.79. The van der Waals surface area contributed by atoms with E-state index in [1.807, 2.05) is 24.3 Å². The van der Waals surface area contributed by atoms with E-state index >= 15 is 0 Å². The molecule has 0 aliphatic carbocycles. The van der Waals surface area contributed by atoms with Crippen molar-refractivity contribution in [1.29, 1.82) is 0 Å². The van der Waals surface area contributed by atoms with Gasteiger partial charge in [-0.2, -0.15) is 0 Å². The van der Waals surface area contributed by atoms with Crippen molar-refractivity contribution in [3.63, 3.8) is 0 Å². The average Bonchev–Trinajstić information content (AvgIpc) is 2.41. The van der Waals surface area contributed by atoms with Gasteiger partial charge in [0.25, 0.3) is 0 Å². The third-order valence-corrected chi connectivity index (χ3v) is 4.45. The van der Waals surface area contributed by atoms with Gasteiger partial charge < -0.3 is 4.90 Å². The molecule has 1 fully saturated rings. The van der Waals surface area contributed by atoms with Crippen LogP contribution in [0.15, 0.2) is 28.7 Å². The van der Waals surface area contributed by atoms with Gasteiger partial charge in [-0.05, 0) is 56.9 Å². The molecule has 2 rings (SSSR count). The van der Waals surface area contributed by atoms with E-state index in [1.54, 1.807) is 0 Å². The minimum atomic E-state index is 0.262. The van der Waals surface area contributed by atoms with Crippen molar-refractivity contribution in [3.05, 3.63) is 34.3 Å². The molecule has 1 aromatic carbocycles. The highest BCUT2D eigenvalue weighted by Crippen LogP contribution is 2.17. The molecule has 0 amide bonds. The topological polar surface area (TPSA) is 20.3 Å². The number of carbonyl (C=O) groups excluding carboxylic acids is 1. The van der Waals surface area contributed by atoms with E-state index in [4.69, 9.17) is 0 Å². The quantitative estimate of drug-likeness (QED) is 0.759. The minimum Gasteiger partial charge on any atom is -0.303 e. The van der Waals surface area contributed by atoms with Crippen molar-refractivity contribution < 1.29 is 4.79 Å². The molecule has 3 heteroatoms. The highest BCUT2D eigenvalue weighted by molar-refractivity contribution is 9.10. The van der Waals surface area contributed by atoms with E-state index in [9.17, 15) is 4.79 Å². The van der Waals surface area contributed by atoms with Crippen LogP contribution in [0.1, 0.15) is 43.0 Å². The third kappa shape index (κ3) is 4.73. The normalized spacial score (nSPS) is 17.6. The fourth-order valence-electron chi connectivity index (χ4n) is 2.53. The van der Waals surface area contributed by atoms with Crippen LogP contribution in [0.4, 0.5) is 0 Å². The molecule has 0 aromatic heterocycles. The van der Waals surface area contributed by atoms with E-state index in [-0.39, 0.29) is 5.78 Å². The predicted octanol–water partition coefficient (Wildman–Crippen LogP) is 4.14. The first-order chi connectivity index (χ1) is 9.15. The number of likely N-dealkylation sites (tertiary alicyclic amines) is 1. The van der Waals surface area contributed by atoms with E-state index < -0.39 is 0 Å². The summed E-state index contributed by atoms with van der Waals surface area (Å²) in [5.41, 5.74) is 0.829. The number of piperidine rings is 1. The fraction of sp³-hybridized carbons (Fsp3) is 0.562. The third-order valence-electron chi connectivity index (χ3n) is 3.92. The van der Waals surface area contributed by atoms with Crippen molar-refractivity contribution in [2.24, 2.45) is 5.92 Å². The maximum Gasteiger partial charge on any atom is 0.162 e. The van der Waals surface area contributed by atoms with Gasteiger partial charge >= 0.3 is 0 Å². The zero-order valence-electron chi connectivity index (χ0n) is 11.6. The lowest BCUT2D eigenvalue weighted by molar-refractivity contribution is 0.0971. The Morgan fingerprint density at radius 2 is 1.89 bits per heavy atom. The van der Waals surface area contributed by atoms with E-state index in [0.29, 0.717) is 6.42 Å². The maximum atomic E-state index is 12.0. The Morgan fingerprint density at radius 1 is 1.26 bits per heavy atom. The number of hydrogen-bond donors (Lipinski definition) is 0. The highest BCUT2D eigenvalue weighted by atomic mass is 79.9. The zero-order valence-corrected chi connectivity index (χ0v) is 13.2. The first kappa shape index (κ1) is 14.7. The van der Waals surface area contributed by atoms with Crippen molar-refractivity contribution in [2.45, 2.75) is 32.6 Å². The van der Waals surface area contributed by atoms with Crippen LogP contribution in [0, 0.1) is 5.92 Å². The van der Waals surface area contributed by atoms with Gasteiger partial charge in [-0.15, -0.1) is 0 Å². The lowest BCUT2D eigenvalue weighted by atomic mass is 9.99. The van der Waals surface area contributed by atoms with Gasteiger partial charge in [0.15, 0.2) is 5.78 Å². The molecule has 0 N–H and O–H groups in total. The van der Waals surface area contributed by atoms with Crippen molar-refractivity contribution >= 4 is 21.7 Å². The largest absolute Gasteiger partial charge is 0.303 e. The number of benzene rings is 1. The van der Waals surface area contributed by atoms with Gasteiger partial charge in [-0.3, -0.25) is 4.79 Å². The summed E-state index contributed by atoms with van der Waals surface area (Å²) in [5.74, 6) is 1.14. The molecule has 1 aliphatic heterocycles. The smallest absolute Gasteiger partial charge is 0.162 e. The summed E-state index contributed by atoms with van der Waals surface area (Å²) >= 11 is 3.39. The van der Waals surface area contributed by atoms with E-state index in [1.165, 1.54) is 25.9 Å². The second kappa shape index (κ2) is 7.20. The van der Waals surface area contributed by atoms with Gasteiger partial charge in [0, 0.05) is 16.5 Å². The second-order valence-corrected chi connectivity index (χ2v) is 6.47. The number of hydrogen-bond acceptors (Lipinski definition) is 2. The van der Waals surface area contributed by atoms with Crippen LogP contribution in [-0.2, 0) is 0 Å². The van der Waals surface area contributed by atoms with Crippen LogP contribution in [0.5, 0.6) is 0 Å². The molecule has 1 heterocycles. The van der Waals surface area contributed by atoms with Gasteiger partial charge in [-0.1, -0.05) is 35.0 Å². The molecule has 1 aliphatic rings. The van der Waals surface area contributed by atoms with Gasteiger partial charge in [-0.25, -0.2) is 0 Å². The lowest BCUT2D eigenvalue weighted by Crippen LogP contribution is -2.33. The summed E-state index contributed by atoms with van der Waals surface area (Å²) in [6.45, 7) is 5.80. The minimum absolute atomic E-state index is 0.262. The second-order valence-electron chi connectivity index (χ2n) is 5.56. The Bertz CT molecular complexity index is 407. The van der Waals surface area contributed by atoms with Gasteiger partial charge in [0.1, 0.15) is 0 Å². The molecule has 2 nitrogen and oxygen atoms in total. The Morgan fingerprint density at radius 3 is 2.53 bits per heavy atom. The van der Waals surface area contributed by atoms with Crippen LogP contribution in [-0.4, -0.2) is 30.3 Å². The van der Waals surface area contributed by atoms with Crippen LogP contribution < -0.4 is 0 Å². The van der Waals surface area contributed by atoms with E-state index in [0.717, 1.165) is 28.9 Å². The number of halogens is 1. The zero-order chi connectivity index (χ0) is 13.7. The maximum absolute atomic E-state index is 12.0. The summed E-state index contributed by atoms with van der Waals surface area (Å²) in [4.78, 5) is 14.5. The summed E-state index contributed by atoms with van der Waals surface area (Å²) < 4.78 is 1.02. The molecule has 0 saturated carbocycles. The van der Waals surface area contributed by atoms with Crippen LogP contribution >= 0.6 is 15.9 Å². The average molecular weight is 324 g/mol. The Labute approximate surface area is 124 Å². The number of rotatable bonds is 5. The summed E-state index contributed by atoms with van der Waals surface area (Å²) in [6, 6.07) is 7.66. The molecule has 0 atom stereocenters. The first-order valence-electron chi connectivity index (χ1n) is 7.16. The Balaban J connectivity index is 1.70. The lowest BCUT2D eigenvalue weighted by Gasteiger charge is -2.29. The number of Topliss-reactive ketones (excluding diaryl/α,β-unsaturated/α-hetero) is 1. The Kier molecular flexibility index (Phi) is 5.59. The Hall–Kier alpha value is -0.670. The molecule has 19 heavy (non-hydrogen) atoms.